The van der Waals surface area contributed by atoms with Crippen LogP contribution >= 0.6 is 0 Å². The van der Waals surface area contributed by atoms with Gasteiger partial charge in [0.05, 0.1) is 6.10 Å². The van der Waals surface area contributed by atoms with Crippen molar-refractivity contribution in [2.45, 2.75) is 71.2 Å². The van der Waals surface area contributed by atoms with Crippen molar-refractivity contribution in [1.29, 1.82) is 0 Å². The zero-order chi connectivity index (χ0) is 16.2. The zero-order valence-corrected chi connectivity index (χ0v) is 13.8. The van der Waals surface area contributed by atoms with Crippen LogP contribution in [0.3, 0.4) is 0 Å². The summed E-state index contributed by atoms with van der Waals surface area (Å²) in [6, 6.07) is 9.47. The van der Waals surface area contributed by atoms with Crippen molar-refractivity contribution in [3.8, 4) is 0 Å². The SMILES string of the molecule is CCCCCCC(CCC)OC(OC(N)=O)c1ccccc1. The van der Waals surface area contributed by atoms with E-state index >= 15 is 0 Å². The van der Waals surface area contributed by atoms with Crippen molar-refractivity contribution in [3.05, 3.63) is 35.9 Å². The third-order valence-electron chi connectivity index (χ3n) is 3.60. The van der Waals surface area contributed by atoms with Crippen LogP contribution in [0.5, 0.6) is 0 Å². The molecule has 0 fully saturated rings. The number of nitrogens with two attached hydrogens (primary N) is 1. The Morgan fingerprint density at radius 1 is 1.05 bits per heavy atom. The predicted octanol–water partition coefficient (Wildman–Crippen LogP) is 4.94. The Hall–Kier alpha value is -1.55. The van der Waals surface area contributed by atoms with Gasteiger partial charge in [0, 0.05) is 5.56 Å². The van der Waals surface area contributed by atoms with E-state index in [1.165, 1.54) is 19.3 Å². The van der Waals surface area contributed by atoms with Crippen molar-refractivity contribution in [2.75, 3.05) is 0 Å². The molecule has 0 saturated carbocycles. The molecule has 0 aromatic heterocycles. The third kappa shape index (κ3) is 7.46. The molecule has 4 heteroatoms. The third-order valence-corrected chi connectivity index (χ3v) is 3.60. The summed E-state index contributed by atoms with van der Waals surface area (Å²) in [5, 5.41) is 0. The van der Waals surface area contributed by atoms with Gasteiger partial charge in [-0.05, 0) is 12.8 Å². The summed E-state index contributed by atoms with van der Waals surface area (Å²) >= 11 is 0. The van der Waals surface area contributed by atoms with Gasteiger partial charge in [-0.2, -0.15) is 0 Å². The maximum atomic E-state index is 11.1. The van der Waals surface area contributed by atoms with Gasteiger partial charge in [-0.15, -0.1) is 0 Å². The minimum atomic E-state index is -0.810. The standard InChI is InChI=1S/C18H29NO3/c1-3-5-6-10-14-16(11-4-2)21-17(22-18(19)20)15-12-8-7-9-13-15/h7-9,12-13,16-17H,3-6,10-11,14H2,1-2H3,(H2,19,20). The molecule has 2 unspecified atom stereocenters. The minimum Gasteiger partial charge on any atom is -0.415 e. The molecule has 2 atom stereocenters. The summed E-state index contributed by atoms with van der Waals surface area (Å²) in [5.41, 5.74) is 5.99. The number of primary amides is 1. The second kappa shape index (κ2) is 11.1. The molecule has 124 valence electrons. The Kier molecular flexibility index (Phi) is 9.31. The summed E-state index contributed by atoms with van der Waals surface area (Å²) < 4.78 is 11.2. The molecule has 4 nitrogen and oxygen atoms in total. The highest BCUT2D eigenvalue weighted by atomic mass is 16.7. The smallest absolute Gasteiger partial charge is 0.407 e. The molecule has 0 saturated heterocycles. The van der Waals surface area contributed by atoms with Crippen molar-refractivity contribution in [3.63, 3.8) is 0 Å². The molecule has 0 aliphatic carbocycles. The fourth-order valence-electron chi connectivity index (χ4n) is 2.47. The lowest BCUT2D eigenvalue weighted by atomic mass is 10.1. The number of ether oxygens (including phenoxy) is 2. The zero-order valence-electron chi connectivity index (χ0n) is 13.8. The van der Waals surface area contributed by atoms with E-state index < -0.39 is 12.4 Å². The molecular weight excluding hydrogens is 278 g/mol. The van der Waals surface area contributed by atoms with Gasteiger partial charge in [0.15, 0.2) is 0 Å². The Morgan fingerprint density at radius 3 is 2.36 bits per heavy atom. The van der Waals surface area contributed by atoms with Crippen LogP contribution in [0.15, 0.2) is 30.3 Å². The van der Waals surface area contributed by atoms with E-state index in [0.717, 1.165) is 31.2 Å². The fourth-order valence-corrected chi connectivity index (χ4v) is 2.47. The van der Waals surface area contributed by atoms with E-state index in [-0.39, 0.29) is 6.10 Å². The molecular formula is C18H29NO3. The van der Waals surface area contributed by atoms with Gasteiger partial charge in [-0.3, -0.25) is 0 Å². The monoisotopic (exact) mass is 307 g/mol. The molecule has 0 aliphatic rings. The molecule has 1 amide bonds. The van der Waals surface area contributed by atoms with E-state index in [0.29, 0.717) is 0 Å². The van der Waals surface area contributed by atoms with Gasteiger partial charge < -0.3 is 15.2 Å². The summed E-state index contributed by atoms with van der Waals surface area (Å²) in [7, 11) is 0. The van der Waals surface area contributed by atoms with Gasteiger partial charge >= 0.3 is 6.09 Å². The van der Waals surface area contributed by atoms with E-state index in [9.17, 15) is 4.79 Å². The van der Waals surface area contributed by atoms with Crippen LogP contribution in [0.1, 0.15) is 70.6 Å². The maximum absolute atomic E-state index is 11.1. The van der Waals surface area contributed by atoms with E-state index in [4.69, 9.17) is 15.2 Å². The number of hydrogen-bond acceptors (Lipinski definition) is 3. The van der Waals surface area contributed by atoms with Crippen LogP contribution in [-0.2, 0) is 9.47 Å². The Bertz CT molecular complexity index is 408. The number of amides is 1. The van der Waals surface area contributed by atoms with Crippen molar-refractivity contribution >= 4 is 6.09 Å². The van der Waals surface area contributed by atoms with Gasteiger partial charge in [0.2, 0.25) is 6.29 Å². The largest absolute Gasteiger partial charge is 0.415 e. The predicted molar refractivity (Wildman–Crippen MR) is 88.4 cm³/mol. The van der Waals surface area contributed by atoms with Gasteiger partial charge in [0.25, 0.3) is 0 Å². The van der Waals surface area contributed by atoms with Crippen LogP contribution in [0, 0.1) is 0 Å². The first-order valence-electron chi connectivity index (χ1n) is 8.33. The van der Waals surface area contributed by atoms with Crippen LogP contribution in [-0.4, -0.2) is 12.2 Å². The summed E-state index contributed by atoms with van der Waals surface area (Å²) in [6.07, 6.45) is 6.36. The minimum absolute atomic E-state index is 0.0893. The quantitative estimate of drug-likeness (QED) is 0.465. The lowest BCUT2D eigenvalue weighted by molar-refractivity contribution is -0.144. The van der Waals surface area contributed by atoms with Crippen LogP contribution in [0.25, 0.3) is 0 Å². The van der Waals surface area contributed by atoms with Gasteiger partial charge in [-0.1, -0.05) is 76.3 Å². The highest BCUT2D eigenvalue weighted by molar-refractivity contribution is 5.64. The molecule has 0 heterocycles. The maximum Gasteiger partial charge on any atom is 0.407 e. The molecule has 0 aliphatic heterocycles. The molecule has 0 bridgehead atoms. The average Bonchev–Trinajstić information content (AvgIpc) is 2.51. The van der Waals surface area contributed by atoms with Crippen LogP contribution in [0.2, 0.25) is 0 Å². The molecule has 2 N–H and O–H groups in total. The molecule has 1 rings (SSSR count). The average molecular weight is 307 g/mol. The first-order chi connectivity index (χ1) is 10.7. The van der Waals surface area contributed by atoms with Gasteiger partial charge in [-0.25, -0.2) is 4.79 Å². The normalized spacial score (nSPS) is 13.5. The van der Waals surface area contributed by atoms with Crippen molar-refractivity contribution < 1.29 is 14.3 Å². The van der Waals surface area contributed by atoms with Crippen LogP contribution in [0.4, 0.5) is 4.79 Å². The molecule has 0 spiro atoms. The lowest BCUT2D eigenvalue weighted by Crippen LogP contribution is -2.24. The van der Waals surface area contributed by atoms with Crippen LogP contribution < -0.4 is 5.73 Å². The van der Waals surface area contributed by atoms with E-state index in [1.807, 2.05) is 30.3 Å². The first-order valence-corrected chi connectivity index (χ1v) is 8.33. The molecule has 22 heavy (non-hydrogen) atoms. The van der Waals surface area contributed by atoms with E-state index in [1.54, 1.807) is 0 Å². The first kappa shape index (κ1) is 18.5. The number of carbonyl (C=O) groups is 1. The number of rotatable bonds is 11. The summed E-state index contributed by atoms with van der Waals surface area (Å²) in [4.78, 5) is 11.1. The second-order valence-corrected chi connectivity index (χ2v) is 5.58. The summed E-state index contributed by atoms with van der Waals surface area (Å²) in [5.74, 6) is 0. The number of unbranched alkanes of at least 4 members (excludes halogenated alkanes) is 3. The molecule has 1 aromatic carbocycles. The molecule has 1 aromatic rings. The number of carbonyl (C=O) groups excluding carboxylic acids is 1. The highest BCUT2D eigenvalue weighted by Gasteiger charge is 2.20. The van der Waals surface area contributed by atoms with Crippen molar-refractivity contribution in [2.24, 2.45) is 5.73 Å². The summed E-state index contributed by atoms with van der Waals surface area (Å²) in [6.45, 7) is 4.33. The fraction of sp³-hybridized carbons (Fsp3) is 0.611. The van der Waals surface area contributed by atoms with Crippen molar-refractivity contribution in [1.82, 2.24) is 0 Å². The molecule has 0 radical (unpaired) electrons. The van der Waals surface area contributed by atoms with E-state index in [2.05, 4.69) is 13.8 Å². The lowest BCUT2D eigenvalue weighted by Gasteiger charge is -2.24. The Labute approximate surface area is 134 Å². The Morgan fingerprint density at radius 2 is 1.77 bits per heavy atom. The second-order valence-electron chi connectivity index (χ2n) is 5.58. The number of benzene rings is 1. The van der Waals surface area contributed by atoms with Gasteiger partial charge in [0.1, 0.15) is 0 Å². The number of hydrogen-bond donors (Lipinski definition) is 1. The topological polar surface area (TPSA) is 61.6 Å². The Balaban J connectivity index is 2.64. The highest BCUT2D eigenvalue weighted by Crippen LogP contribution is 2.24.